The Hall–Kier alpha value is -3.53. The van der Waals surface area contributed by atoms with E-state index in [2.05, 4.69) is 50.6 Å². The van der Waals surface area contributed by atoms with E-state index < -0.39 is 0 Å². The molecule has 2 N–H and O–H groups in total. The third-order valence-electron chi connectivity index (χ3n) is 5.95. The zero-order valence-corrected chi connectivity index (χ0v) is 21.0. The van der Waals surface area contributed by atoms with Gasteiger partial charge in [-0.15, -0.1) is 0 Å². The largest absolute Gasteiger partial charge is 0.368 e. The molecule has 1 atom stereocenters. The lowest BCUT2D eigenvalue weighted by molar-refractivity contribution is 0.682. The van der Waals surface area contributed by atoms with Crippen molar-refractivity contribution in [3.05, 3.63) is 98.5 Å². The minimum absolute atomic E-state index is 0.00201. The van der Waals surface area contributed by atoms with Gasteiger partial charge in [0.25, 0.3) is 5.56 Å². The summed E-state index contributed by atoms with van der Waals surface area (Å²) in [6.45, 7) is 2.11. The second kappa shape index (κ2) is 9.02. The topological polar surface area (TPSA) is 91.6 Å². The van der Waals surface area contributed by atoms with Crippen molar-refractivity contribution in [2.24, 2.45) is 7.05 Å². The number of pyridine rings is 1. The fourth-order valence-corrected chi connectivity index (χ4v) is 4.82. The van der Waals surface area contributed by atoms with Gasteiger partial charge >= 0.3 is 0 Å². The minimum atomic E-state index is -0.0538. The molecular formula is C26H23IN6O. The van der Waals surface area contributed by atoms with Crippen LogP contribution in [0.25, 0.3) is 27.6 Å². The summed E-state index contributed by atoms with van der Waals surface area (Å²) in [5.74, 6) is 0.254. The maximum Gasteiger partial charge on any atom is 0.263 e. The number of hydrogen-bond acceptors (Lipinski definition) is 5. The number of fused-ring (bicyclic) bond motifs is 1. The van der Waals surface area contributed by atoms with Gasteiger partial charge in [0.1, 0.15) is 0 Å². The van der Waals surface area contributed by atoms with E-state index in [4.69, 9.17) is 5.73 Å². The molecule has 34 heavy (non-hydrogen) atoms. The smallest absolute Gasteiger partial charge is 0.263 e. The minimum Gasteiger partial charge on any atom is -0.368 e. The molecule has 0 bridgehead atoms. The first-order chi connectivity index (χ1) is 16.4. The number of halogens is 1. The molecule has 5 rings (SSSR count). The molecule has 3 heterocycles. The molecule has 0 saturated heterocycles. The Morgan fingerprint density at radius 3 is 2.62 bits per heavy atom. The third-order valence-corrected chi connectivity index (χ3v) is 6.85. The van der Waals surface area contributed by atoms with E-state index in [-0.39, 0.29) is 17.4 Å². The van der Waals surface area contributed by atoms with E-state index in [1.807, 2.05) is 66.3 Å². The van der Waals surface area contributed by atoms with Crippen LogP contribution in [0.3, 0.4) is 0 Å². The average Bonchev–Trinajstić information content (AvgIpc) is 3.27. The van der Waals surface area contributed by atoms with Gasteiger partial charge in [0.2, 0.25) is 5.95 Å². The van der Waals surface area contributed by atoms with Gasteiger partial charge in [0.15, 0.2) is 0 Å². The molecule has 0 radical (unpaired) electrons. The third kappa shape index (κ3) is 4.09. The predicted octanol–water partition coefficient (Wildman–Crippen LogP) is 4.71. The lowest BCUT2D eigenvalue weighted by Gasteiger charge is -2.21. The van der Waals surface area contributed by atoms with Gasteiger partial charge in [-0.25, -0.2) is 9.97 Å². The summed E-state index contributed by atoms with van der Waals surface area (Å²) in [6.07, 6.45) is 6.08. The van der Waals surface area contributed by atoms with E-state index in [0.717, 1.165) is 37.2 Å². The van der Waals surface area contributed by atoms with E-state index in [1.165, 1.54) is 0 Å². The Bertz CT molecular complexity index is 1560. The van der Waals surface area contributed by atoms with Gasteiger partial charge in [0.05, 0.1) is 20.8 Å². The normalized spacial score (nSPS) is 12.2. The van der Waals surface area contributed by atoms with Gasteiger partial charge in [0, 0.05) is 42.3 Å². The Kier molecular flexibility index (Phi) is 5.91. The maximum atomic E-state index is 14.1. The van der Waals surface area contributed by atoms with Crippen LogP contribution < -0.4 is 11.3 Å². The number of nitrogen functional groups attached to an aromatic ring is 1. The second-order valence-corrected chi connectivity index (χ2v) is 9.51. The molecule has 0 aliphatic rings. The molecule has 7 nitrogen and oxygen atoms in total. The monoisotopic (exact) mass is 562 g/mol. The molecule has 0 amide bonds. The van der Waals surface area contributed by atoms with Crippen molar-refractivity contribution in [2.75, 3.05) is 5.73 Å². The number of nitrogens with two attached hydrogens (primary N) is 1. The highest BCUT2D eigenvalue weighted by molar-refractivity contribution is 14.1. The zero-order chi connectivity index (χ0) is 23.8. The first kappa shape index (κ1) is 22.3. The summed E-state index contributed by atoms with van der Waals surface area (Å²) in [7, 11) is 1.87. The molecule has 0 saturated carbocycles. The summed E-state index contributed by atoms with van der Waals surface area (Å²) >= 11 is 2.23. The van der Waals surface area contributed by atoms with Crippen LogP contribution in [0.5, 0.6) is 0 Å². The van der Waals surface area contributed by atoms with Crippen molar-refractivity contribution in [1.29, 1.82) is 0 Å². The number of para-hydroxylation sites is 1. The van der Waals surface area contributed by atoms with Crippen LogP contribution in [0.2, 0.25) is 0 Å². The average molecular weight is 562 g/mol. The standard InChI is InChI=1S/C26H23IN6O/c1-16(11-22-21(27)14-29-26(28)31-22)23-12-17-7-6-10-20(18-13-30-32(2)15-18)24(17)25(34)33(23)19-8-4-3-5-9-19/h3-10,12-16H,11H2,1-2H3,(H2,28,29,31)/t16-/m1/s1. The summed E-state index contributed by atoms with van der Waals surface area (Å²) in [5.41, 5.74) is 10.2. The van der Waals surface area contributed by atoms with Crippen LogP contribution in [-0.2, 0) is 13.5 Å². The van der Waals surface area contributed by atoms with Crippen molar-refractivity contribution >= 4 is 39.3 Å². The first-order valence-corrected chi connectivity index (χ1v) is 12.0. The molecule has 0 aliphatic heterocycles. The van der Waals surface area contributed by atoms with Gasteiger partial charge in [-0.05, 0) is 58.2 Å². The van der Waals surface area contributed by atoms with Crippen LogP contribution in [0, 0.1) is 3.57 Å². The van der Waals surface area contributed by atoms with Crippen molar-refractivity contribution in [2.45, 2.75) is 19.3 Å². The van der Waals surface area contributed by atoms with E-state index in [9.17, 15) is 4.79 Å². The number of aromatic nitrogens is 5. The van der Waals surface area contributed by atoms with Crippen molar-refractivity contribution < 1.29 is 0 Å². The molecule has 170 valence electrons. The Balaban J connectivity index is 1.75. The van der Waals surface area contributed by atoms with Crippen LogP contribution in [0.4, 0.5) is 5.95 Å². The van der Waals surface area contributed by atoms with Crippen LogP contribution in [0.1, 0.15) is 24.2 Å². The first-order valence-electron chi connectivity index (χ1n) is 10.9. The SMILES string of the molecule is C[C@H](Cc1nc(N)ncc1I)c1cc2cccc(-c3cnn(C)c3)c2c(=O)n1-c1ccccc1. The van der Waals surface area contributed by atoms with Crippen LogP contribution in [0.15, 0.2) is 78.0 Å². The Morgan fingerprint density at radius 2 is 1.88 bits per heavy atom. The number of rotatable bonds is 5. The lowest BCUT2D eigenvalue weighted by atomic mass is 9.95. The predicted molar refractivity (Wildman–Crippen MR) is 143 cm³/mol. The molecule has 5 aromatic rings. The van der Waals surface area contributed by atoms with Gasteiger partial charge in [-0.3, -0.25) is 14.0 Å². The highest BCUT2D eigenvalue weighted by Crippen LogP contribution is 2.30. The summed E-state index contributed by atoms with van der Waals surface area (Å²) in [4.78, 5) is 22.6. The molecular weight excluding hydrogens is 539 g/mol. The highest BCUT2D eigenvalue weighted by Gasteiger charge is 2.20. The summed E-state index contributed by atoms with van der Waals surface area (Å²) in [5, 5.41) is 5.88. The van der Waals surface area contributed by atoms with E-state index in [0.29, 0.717) is 11.8 Å². The summed E-state index contributed by atoms with van der Waals surface area (Å²) in [6, 6.07) is 17.8. The Labute approximate surface area is 210 Å². The van der Waals surface area contributed by atoms with Gasteiger partial charge in [-0.1, -0.05) is 43.3 Å². The second-order valence-electron chi connectivity index (χ2n) is 8.35. The number of nitrogens with zero attached hydrogens (tertiary/aromatic N) is 5. The van der Waals surface area contributed by atoms with E-state index >= 15 is 0 Å². The van der Waals surface area contributed by atoms with Gasteiger partial charge < -0.3 is 5.73 Å². The highest BCUT2D eigenvalue weighted by atomic mass is 127. The number of aryl methyl sites for hydroxylation is 1. The number of benzene rings is 2. The quantitative estimate of drug-likeness (QED) is 0.314. The van der Waals surface area contributed by atoms with Crippen molar-refractivity contribution in [3.63, 3.8) is 0 Å². The Morgan fingerprint density at radius 1 is 1.09 bits per heavy atom. The molecule has 0 aliphatic carbocycles. The maximum absolute atomic E-state index is 14.1. The molecule has 0 unspecified atom stereocenters. The number of anilines is 1. The van der Waals surface area contributed by atoms with Crippen molar-refractivity contribution in [3.8, 4) is 16.8 Å². The van der Waals surface area contributed by atoms with Crippen LogP contribution >= 0.6 is 22.6 Å². The zero-order valence-electron chi connectivity index (χ0n) is 18.8. The summed E-state index contributed by atoms with van der Waals surface area (Å²) < 4.78 is 4.52. The molecule has 8 heteroatoms. The molecule has 0 spiro atoms. The number of hydrogen-bond donors (Lipinski definition) is 1. The van der Waals surface area contributed by atoms with Gasteiger partial charge in [-0.2, -0.15) is 5.10 Å². The van der Waals surface area contributed by atoms with Crippen molar-refractivity contribution in [1.82, 2.24) is 24.3 Å². The fourth-order valence-electron chi connectivity index (χ4n) is 4.34. The van der Waals surface area contributed by atoms with E-state index in [1.54, 1.807) is 17.1 Å². The molecule has 3 aromatic heterocycles. The molecule has 0 fully saturated rings. The lowest BCUT2D eigenvalue weighted by Crippen LogP contribution is -2.24. The fraction of sp³-hybridized carbons (Fsp3) is 0.154. The van der Waals surface area contributed by atoms with Crippen LogP contribution in [-0.4, -0.2) is 24.3 Å². The molecule has 2 aromatic carbocycles.